The molecule has 0 amide bonds. The third-order valence-electron chi connectivity index (χ3n) is 3.45. The van der Waals surface area contributed by atoms with Crippen molar-refractivity contribution >= 4 is 5.78 Å². The van der Waals surface area contributed by atoms with Crippen LogP contribution in [-0.4, -0.2) is 31.6 Å². The smallest absolute Gasteiger partial charge is 0.162 e. The lowest BCUT2D eigenvalue weighted by molar-refractivity contribution is -0.125. The molecule has 0 unspecified atom stereocenters. The third kappa shape index (κ3) is 4.77. The molecule has 0 spiro atoms. The zero-order chi connectivity index (χ0) is 13.7. The Bertz CT molecular complexity index is 416. The van der Waals surface area contributed by atoms with E-state index < -0.39 is 0 Å². The number of aryl methyl sites for hydroxylation is 2. The Morgan fingerprint density at radius 3 is 2.47 bits per heavy atom. The van der Waals surface area contributed by atoms with Crippen LogP contribution < -0.4 is 5.32 Å². The van der Waals surface area contributed by atoms with E-state index in [4.69, 9.17) is 4.74 Å². The van der Waals surface area contributed by atoms with E-state index in [2.05, 4.69) is 37.4 Å². The van der Waals surface area contributed by atoms with E-state index in [1.165, 1.54) is 11.1 Å². The molecule has 0 aromatic heterocycles. The zero-order valence-corrected chi connectivity index (χ0v) is 11.9. The molecule has 19 heavy (non-hydrogen) atoms. The van der Waals surface area contributed by atoms with Gasteiger partial charge in [-0.3, -0.25) is 4.79 Å². The lowest BCUT2D eigenvalue weighted by atomic mass is 10.0. The Balaban J connectivity index is 1.80. The molecule has 1 heterocycles. The number of piperidine rings is 1. The summed E-state index contributed by atoms with van der Waals surface area (Å²) in [7, 11) is 0. The summed E-state index contributed by atoms with van der Waals surface area (Å²) < 4.78 is 5.69. The number of benzene rings is 1. The van der Waals surface area contributed by atoms with Gasteiger partial charge in [0, 0.05) is 6.42 Å². The van der Waals surface area contributed by atoms with Crippen LogP contribution in [-0.2, 0) is 16.0 Å². The molecule has 0 aliphatic carbocycles. The highest BCUT2D eigenvalue weighted by Gasteiger charge is 2.15. The summed E-state index contributed by atoms with van der Waals surface area (Å²) in [6.07, 6.45) is 2.76. The van der Waals surface area contributed by atoms with Crippen LogP contribution in [0.5, 0.6) is 0 Å². The summed E-state index contributed by atoms with van der Waals surface area (Å²) in [5.74, 6) is 0.170. The molecule has 0 atom stereocenters. The average Bonchev–Trinajstić information content (AvgIpc) is 2.36. The molecular weight excluding hydrogens is 238 g/mol. The molecule has 1 fully saturated rings. The fraction of sp³-hybridized carbons (Fsp3) is 0.562. The summed E-state index contributed by atoms with van der Waals surface area (Å²) in [6.45, 7) is 6.36. The van der Waals surface area contributed by atoms with Gasteiger partial charge in [-0.15, -0.1) is 0 Å². The normalized spacial score (nSPS) is 16.5. The topological polar surface area (TPSA) is 38.3 Å². The maximum Gasteiger partial charge on any atom is 0.162 e. The van der Waals surface area contributed by atoms with E-state index >= 15 is 0 Å². The molecule has 3 heteroatoms. The number of ether oxygens (including phenoxy) is 1. The second-order valence-corrected chi connectivity index (χ2v) is 5.47. The quantitative estimate of drug-likeness (QED) is 0.883. The van der Waals surface area contributed by atoms with Crippen molar-refractivity contribution in [3.05, 3.63) is 34.9 Å². The summed E-state index contributed by atoms with van der Waals surface area (Å²) >= 11 is 0. The SMILES string of the molecule is Cc1cc(C)cc(CC(=O)COC2CCNCC2)c1. The maximum atomic E-state index is 11.9. The Morgan fingerprint density at radius 1 is 1.21 bits per heavy atom. The van der Waals surface area contributed by atoms with Gasteiger partial charge in [0.25, 0.3) is 0 Å². The molecule has 0 radical (unpaired) electrons. The fourth-order valence-electron chi connectivity index (χ4n) is 2.62. The van der Waals surface area contributed by atoms with Crippen molar-refractivity contribution in [3.63, 3.8) is 0 Å². The number of carbonyl (C=O) groups is 1. The van der Waals surface area contributed by atoms with Crippen LogP contribution >= 0.6 is 0 Å². The fourth-order valence-corrected chi connectivity index (χ4v) is 2.62. The predicted octanol–water partition coefficient (Wildman–Crippen LogP) is 2.18. The minimum absolute atomic E-state index is 0.170. The van der Waals surface area contributed by atoms with Gasteiger partial charge in [0.2, 0.25) is 0 Å². The van der Waals surface area contributed by atoms with Crippen LogP contribution in [0.2, 0.25) is 0 Å². The van der Waals surface area contributed by atoms with E-state index in [1.54, 1.807) is 0 Å². The van der Waals surface area contributed by atoms with Crippen molar-refractivity contribution in [1.82, 2.24) is 5.32 Å². The number of carbonyl (C=O) groups excluding carboxylic acids is 1. The van der Waals surface area contributed by atoms with Crippen LogP contribution in [0.4, 0.5) is 0 Å². The maximum absolute atomic E-state index is 11.9. The minimum Gasteiger partial charge on any atom is -0.370 e. The highest BCUT2D eigenvalue weighted by atomic mass is 16.5. The van der Waals surface area contributed by atoms with Gasteiger partial charge in [0.1, 0.15) is 6.61 Å². The molecule has 1 aliphatic heterocycles. The highest BCUT2D eigenvalue weighted by molar-refractivity contribution is 5.82. The number of nitrogens with one attached hydrogen (secondary N) is 1. The average molecular weight is 261 g/mol. The molecule has 1 aliphatic rings. The van der Waals surface area contributed by atoms with Crippen molar-refractivity contribution in [2.45, 2.75) is 39.2 Å². The first kappa shape index (κ1) is 14.2. The summed E-state index contributed by atoms with van der Waals surface area (Å²) in [6, 6.07) is 6.28. The van der Waals surface area contributed by atoms with Crippen LogP contribution in [0.25, 0.3) is 0 Å². The van der Waals surface area contributed by atoms with Crippen LogP contribution in [0.3, 0.4) is 0 Å². The molecule has 3 nitrogen and oxygen atoms in total. The summed E-state index contributed by atoms with van der Waals surface area (Å²) in [4.78, 5) is 11.9. The Morgan fingerprint density at radius 2 is 1.84 bits per heavy atom. The first-order chi connectivity index (χ1) is 9.13. The van der Waals surface area contributed by atoms with Crippen molar-refractivity contribution in [2.24, 2.45) is 0 Å². The molecule has 1 aromatic rings. The van der Waals surface area contributed by atoms with Gasteiger partial charge >= 0.3 is 0 Å². The molecule has 0 saturated carbocycles. The van der Waals surface area contributed by atoms with Crippen LogP contribution in [0, 0.1) is 13.8 Å². The van der Waals surface area contributed by atoms with Gasteiger partial charge in [0.05, 0.1) is 6.10 Å². The van der Waals surface area contributed by atoms with Crippen molar-refractivity contribution in [2.75, 3.05) is 19.7 Å². The molecule has 1 saturated heterocycles. The molecular formula is C16H23NO2. The Kier molecular flexibility index (Phi) is 5.11. The van der Waals surface area contributed by atoms with Crippen LogP contribution in [0.1, 0.15) is 29.5 Å². The van der Waals surface area contributed by atoms with Crippen molar-refractivity contribution in [3.8, 4) is 0 Å². The van der Waals surface area contributed by atoms with Crippen molar-refractivity contribution < 1.29 is 9.53 Å². The molecule has 1 N–H and O–H groups in total. The van der Waals surface area contributed by atoms with Gasteiger partial charge in [-0.1, -0.05) is 29.3 Å². The van der Waals surface area contributed by atoms with Gasteiger partial charge in [0.15, 0.2) is 5.78 Å². The number of Topliss-reactive ketones (excluding diaryl/α,β-unsaturated/α-hetero) is 1. The Labute approximate surface area is 115 Å². The van der Waals surface area contributed by atoms with E-state index in [0.29, 0.717) is 6.42 Å². The third-order valence-corrected chi connectivity index (χ3v) is 3.45. The van der Waals surface area contributed by atoms with Gasteiger partial charge in [-0.2, -0.15) is 0 Å². The first-order valence-corrected chi connectivity index (χ1v) is 7.04. The largest absolute Gasteiger partial charge is 0.370 e. The lowest BCUT2D eigenvalue weighted by Crippen LogP contribution is -2.33. The van der Waals surface area contributed by atoms with Crippen molar-refractivity contribution in [1.29, 1.82) is 0 Å². The number of hydrogen-bond acceptors (Lipinski definition) is 3. The highest BCUT2D eigenvalue weighted by Crippen LogP contribution is 2.11. The van der Waals surface area contributed by atoms with Gasteiger partial charge < -0.3 is 10.1 Å². The monoisotopic (exact) mass is 261 g/mol. The summed E-state index contributed by atoms with van der Waals surface area (Å²) in [5.41, 5.74) is 3.51. The van der Waals surface area contributed by atoms with Gasteiger partial charge in [-0.25, -0.2) is 0 Å². The Hall–Kier alpha value is -1.19. The minimum atomic E-state index is 0.170. The van der Waals surface area contributed by atoms with E-state index in [0.717, 1.165) is 31.5 Å². The van der Waals surface area contributed by atoms with E-state index in [9.17, 15) is 4.79 Å². The predicted molar refractivity (Wildman–Crippen MR) is 76.5 cm³/mol. The van der Waals surface area contributed by atoms with E-state index in [1.807, 2.05) is 0 Å². The molecule has 104 valence electrons. The molecule has 0 bridgehead atoms. The molecule has 2 rings (SSSR count). The number of hydrogen-bond donors (Lipinski definition) is 1. The molecule has 1 aromatic carbocycles. The second-order valence-electron chi connectivity index (χ2n) is 5.47. The number of ketones is 1. The van der Waals surface area contributed by atoms with Gasteiger partial charge in [-0.05, 0) is 45.3 Å². The standard InChI is InChI=1S/C16H23NO2/c1-12-7-13(2)9-14(8-12)10-15(18)11-19-16-3-5-17-6-4-16/h7-9,16-17H,3-6,10-11H2,1-2H3. The zero-order valence-electron chi connectivity index (χ0n) is 11.9. The second kappa shape index (κ2) is 6.83. The lowest BCUT2D eigenvalue weighted by Gasteiger charge is -2.22. The number of rotatable bonds is 5. The van der Waals surface area contributed by atoms with Crippen LogP contribution in [0.15, 0.2) is 18.2 Å². The van der Waals surface area contributed by atoms with E-state index in [-0.39, 0.29) is 18.5 Å². The first-order valence-electron chi connectivity index (χ1n) is 7.04. The summed E-state index contributed by atoms with van der Waals surface area (Å²) in [5, 5.41) is 3.29.